The second kappa shape index (κ2) is 5.29. The molecule has 1 aliphatic carbocycles. The zero-order chi connectivity index (χ0) is 12.4. The molecule has 0 radical (unpaired) electrons. The molecule has 1 saturated carbocycles. The van der Waals surface area contributed by atoms with Crippen molar-refractivity contribution in [1.29, 1.82) is 0 Å². The SMILES string of the molecule is CCC1(C)CNC2(CCCC2)CN1C/C=C/Cl. The minimum absolute atomic E-state index is 0.282. The van der Waals surface area contributed by atoms with Gasteiger partial charge in [0, 0.05) is 36.2 Å². The van der Waals surface area contributed by atoms with Crippen molar-refractivity contribution in [1.82, 2.24) is 10.2 Å². The molecular weight excluding hydrogens is 232 g/mol. The fourth-order valence-corrected chi connectivity index (χ4v) is 3.37. The van der Waals surface area contributed by atoms with Gasteiger partial charge in [-0.2, -0.15) is 0 Å². The maximum absolute atomic E-state index is 5.69. The van der Waals surface area contributed by atoms with Gasteiger partial charge in [0.15, 0.2) is 0 Å². The predicted octanol–water partition coefficient (Wildman–Crippen LogP) is 3.13. The first kappa shape index (κ1) is 13.4. The minimum atomic E-state index is 0.282. The second-order valence-electron chi connectivity index (χ2n) is 5.93. The quantitative estimate of drug-likeness (QED) is 0.835. The van der Waals surface area contributed by atoms with E-state index in [2.05, 4.69) is 30.1 Å². The molecule has 1 unspecified atom stereocenters. The Morgan fingerprint density at radius 3 is 2.65 bits per heavy atom. The van der Waals surface area contributed by atoms with Crippen LogP contribution in [0.4, 0.5) is 0 Å². The molecule has 1 aliphatic heterocycles. The monoisotopic (exact) mass is 256 g/mol. The van der Waals surface area contributed by atoms with Crippen molar-refractivity contribution in [3.8, 4) is 0 Å². The zero-order valence-corrected chi connectivity index (χ0v) is 11.9. The lowest BCUT2D eigenvalue weighted by Gasteiger charge is -2.52. The molecule has 2 aliphatic rings. The van der Waals surface area contributed by atoms with Crippen molar-refractivity contribution in [2.45, 2.75) is 57.0 Å². The Kier molecular flexibility index (Phi) is 4.17. The highest BCUT2D eigenvalue weighted by atomic mass is 35.5. The largest absolute Gasteiger partial charge is 0.308 e. The van der Waals surface area contributed by atoms with Gasteiger partial charge in [-0.1, -0.05) is 37.4 Å². The first-order valence-corrected chi connectivity index (χ1v) is 7.33. The minimum Gasteiger partial charge on any atom is -0.308 e. The Morgan fingerprint density at radius 1 is 1.35 bits per heavy atom. The molecule has 1 atom stereocenters. The Bertz CT molecular complexity index is 284. The molecule has 0 aromatic heterocycles. The van der Waals surface area contributed by atoms with Gasteiger partial charge in [-0.25, -0.2) is 0 Å². The average molecular weight is 257 g/mol. The van der Waals surface area contributed by atoms with Crippen LogP contribution < -0.4 is 5.32 Å². The fourth-order valence-electron chi connectivity index (χ4n) is 3.29. The fraction of sp³-hybridized carbons (Fsp3) is 0.857. The van der Waals surface area contributed by atoms with Crippen LogP contribution in [0.5, 0.6) is 0 Å². The van der Waals surface area contributed by atoms with Gasteiger partial charge >= 0.3 is 0 Å². The third-order valence-electron chi connectivity index (χ3n) is 4.84. The van der Waals surface area contributed by atoms with Crippen molar-refractivity contribution < 1.29 is 0 Å². The lowest BCUT2D eigenvalue weighted by Crippen LogP contribution is -2.68. The number of piperazine rings is 1. The van der Waals surface area contributed by atoms with Gasteiger partial charge in [-0.15, -0.1) is 0 Å². The lowest BCUT2D eigenvalue weighted by atomic mass is 9.85. The van der Waals surface area contributed by atoms with E-state index in [9.17, 15) is 0 Å². The normalized spacial score (nSPS) is 33.8. The van der Waals surface area contributed by atoms with Crippen molar-refractivity contribution >= 4 is 11.6 Å². The lowest BCUT2D eigenvalue weighted by molar-refractivity contribution is 0.0239. The van der Waals surface area contributed by atoms with Crippen molar-refractivity contribution in [3.05, 3.63) is 11.6 Å². The molecule has 0 aromatic carbocycles. The molecule has 0 bridgehead atoms. The summed E-state index contributed by atoms with van der Waals surface area (Å²) in [6, 6.07) is 0. The molecule has 17 heavy (non-hydrogen) atoms. The van der Waals surface area contributed by atoms with Crippen molar-refractivity contribution in [2.24, 2.45) is 0 Å². The molecule has 1 spiro atoms. The highest BCUT2D eigenvalue weighted by molar-refractivity contribution is 6.25. The molecule has 2 nitrogen and oxygen atoms in total. The summed E-state index contributed by atoms with van der Waals surface area (Å²) >= 11 is 5.69. The molecule has 1 heterocycles. The third-order valence-corrected chi connectivity index (χ3v) is 5.02. The molecule has 0 aromatic rings. The topological polar surface area (TPSA) is 15.3 Å². The highest BCUT2D eigenvalue weighted by Gasteiger charge is 2.44. The molecule has 0 amide bonds. The average Bonchev–Trinajstić information content (AvgIpc) is 2.80. The number of nitrogens with zero attached hydrogens (tertiary/aromatic N) is 1. The molecule has 1 N–H and O–H groups in total. The van der Waals surface area contributed by atoms with Crippen LogP contribution in [0.3, 0.4) is 0 Å². The van der Waals surface area contributed by atoms with Crippen molar-refractivity contribution in [2.75, 3.05) is 19.6 Å². The zero-order valence-electron chi connectivity index (χ0n) is 11.1. The summed E-state index contributed by atoms with van der Waals surface area (Å²) in [6.45, 7) is 7.92. The Morgan fingerprint density at radius 2 is 2.06 bits per heavy atom. The molecule has 3 heteroatoms. The standard InChI is InChI=1S/C14H25ClN2/c1-3-13(2)11-16-14(7-4-5-8-14)12-17(13)10-6-9-15/h6,9,16H,3-5,7-8,10-12H2,1-2H3/b9-6+. The Balaban J connectivity index is 2.09. The van der Waals surface area contributed by atoms with E-state index in [4.69, 9.17) is 11.6 Å². The Labute approximate surface area is 110 Å². The van der Waals surface area contributed by atoms with Crippen LogP contribution in [0, 0.1) is 0 Å². The number of halogens is 1. The summed E-state index contributed by atoms with van der Waals surface area (Å²) in [5.74, 6) is 0. The number of rotatable bonds is 3. The maximum Gasteiger partial charge on any atom is 0.0309 e. The molecular formula is C14H25ClN2. The summed E-state index contributed by atoms with van der Waals surface area (Å²) in [6.07, 6.45) is 8.71. The van der Waals surface area contributed by atoms with Gasteiger partial charge in [0.1, 0.15) is 0 Å². The van der Waals surface area contributed by atoms with Crippen LogP contribution in [0.25, 0.3) is 0 Å². The van der Waals surface area contributed by atoms with E-state index >= 15 is 0 Å². The van der Waals surface area contributed by atoms with Gasteiger partial charge in [0.2, 0.25) is 0 Å². The van der Waals surface area contributed by atoms with E-state index in [-0.39, 0.29) is 5.54 Å². The van der Waals surface area contributed by atoms with Crippen LogP contribution in [-0.4, -0.2) is 35.6 Å². The summed E-state index contributed by atoms with van der Waals surface area (Å²) in [4.78, 5) is 2.62. The van der Waals surface area contributed by atoms with E-state index in [0.29, 0.717) is 5.54 Å². The van der Waals surface area contributed by atoms with Gasteiger partial charge in [0.25, 0.3) is 0 Å². The molecule has 1 saturated heterocycles. The smallest absolute Gasteiger partial charge is 0.0309 e. The van der Waals surface area contributed by atoms with E-state index < -0.39 is 0 Å². The van der Waals surface area contributed by atoms with Gasteiger partial charge in [-0.3, -0.25) is 4.90 Å². The summed E-state index contributed by atoms with van der Waals surface area (Å²) in [7, 11) is 0. The molecule has 2 rings (SSSR count). The van der Waals surface area contributed by atoms with Crippen LogP contribution in [0.1, 0.15) is 46.0 Å². The maximum atomic E-state index is 5.69. The highest BCUT2D eigenvalue weighted by Crippen LogP contribution is 2.36. The van der Waals surface area contributed by atoms with Crippen LogP contribution >= 0.6 is 11.6 Å². The van der Waals surface area contributed by atoms with Gasteiger partial charge < -0.3 is 5.32 Å². The van der Waals surface area contributed by atoms with Crippen LogP contribution in [-0.2, 0) is 0 Å². The van der Waals surface area contributed by atoms with Crippen molar-refractivity contribution in [3.63, 3.8) is 0 Å². The van der Waals surface area contributed by atoms with Crippen LogP contribution in [0.15, 0.2) is 11.6 Å². The molecule has 98 valence electrons. The first-order valence-electron chi connectivity index (χ1n) is 6.89. The number of nitrogens with one attached hydrogen (secondary N) is 1. The van der Waals surface area contributed by atoms with Crippen LogP contribution in [0.2, 0.25) is 0 Å². The molecule has 2 fully saturated rings. The summed E-state index contributed by atoms with van der Waals surface area (Å²) in [5.41, 5.74) is 2.33. The third kappa shape index (κ3) is 2.69. The number of hydrogen-bond acceptors (Lipinski definition) is 2. The van der Waals surface area contributed by atoms with E-state index in [1.807, 2.05) is 0 Å². The van der Waals surface area contributed by atoms with Gasteiger partial charge in [0.05, 0.1) is 0 Å². The second-order valence-corrected chi connectivity index (χ2v) is 6.19. The first-order chi connectivity index (χ1) is 8.14. The predicted molar refractivity (Wildman–Crippen MR) is 74.5 cm³/mol. The number of hydrogen-bond donors (Lipinski definition) is 1. The van der Waals surface area contributed by atoms with E-state index in [0.717, 1.165) is 13.1 Å². The summed E-state index contributed by atoms with van der Waals surface area (Å²) in [5, 5.41) is 3.84. The van der Waals surface area contributed by atoms with E-state index in [1.165, 1.54) is 38.6 Å². The van der Waals surface area contributed by atoms with Gasteiger partial charge in [-0.05, 0) is 26.2 Å². The van der Waals surface area contributed by atoms with E-state index in [1.54, 1.807) is 5.54 Å². The Hall–Kier alpha value is -0.0500. The summed E-state index contributed by atoms with van der Waals surface area (Å²) < 4.78 is 0.